The Bertz CT molecular complexity index is 708. The van der Waals surface area contributed by atoms with Crippen LogP contribution in [0.3, 0.4) is 0 Å². The van der Waals surface area contributed by atoms with Gasteiger partial charge in [-0.2, -0.15) is 0 Å². The van der Waals surface area contributed by atoms with E-state index < -0.39 is 16.6 Å². The molecule has 0 saturated carbocycles. The first kappa shape index (κ1) is 25.4. The summed E-state index contributed by atoms with van der Waals surface area (Å²) in [5.74, 6) is -0.146. The third kappa shape index (κ3) is 6.98. The number of esters is 1. The van der Waals surface area contributed by atoms with Crippen molar-refractivity contribution in [1.82, 2.24) is 0 Å². The second-order valence-corrected chi connectivity index (χ2v) is 9.82. The summed E-state index contributed by atoms with van der Waals surface area (Å²) in [5.41, 5.74) is 18.5. The van der Waals surface area contributed by atoms with Crippen molar-refractivity contribution in [3.05, 3.63) is 22.8 Å². The normalized spacial score (nSPS) is 12.9. The van der Waals surface area contributed by atoms with Crippen molar-refractivity contribution in [3.63, 3.8) is 0 Å². The van der Waals surface area contributed by atoms with E-state index in [4.69, 9.17) is 21.9 Å². The average molecular weight is 408 g/mol. The number of phenolic OH excluding ortho intramolecular Hbond substituents is 1. The number of ether oxygens (including phenoxy) is 1. The van der Waals surface area contributed by atoms with Crippen LogP contribution in [0.2, 0.25) is 0 Å². The zero-order chi connectivity index (χ0) is 22.6. The fourth-order valence-electron chi connectivity index (χ4n) is 3.71. The highest BCUT2D eigenvalue weighted by atomic mass is 16.5. The maximum Gasteiger partial charge on any atom is 0.311 e. The summed E-state index contributed by atoms with van der Waals surface area (Å²) in [4.78, 5) is 12.5. The number of aromatic hydroxyl groups is 1. The van der Waals surface area contributed by atoms with Gasteiger partial charge in [-0.3, -0.25) is 4.79 Å². The highest BCUT2D eigenvalue weighted by Gasteiger charge is 2.37. The molecule has 1 aromatic rings. The summed E-state index contributed by atoms with van der Waals surface area (Å²) in [6, 6.07) is 1.44. The molecule has 0 spiro atoms. The molecule has 0 saturated heterocycles. The summed E-state index contributed by atoms with van der Waals surface area (Å²) >= 11 is 0. The van der Waals surface area contributed by atoms with Crippen molar-refractivity contribution in [2.24, 2.45) is 17.2 Å². The maximum atomic E-state index is 12.5. The van der Waals surface area contributed by atoms with Crippen LogP contribution in [0.25, 0.3) is 0 Å². The molecule has 0 aromatic heterocycles. The number of rotatable bonds is 10. The Morgan fingerprint density at radius 3 is 1.79 bits per heavy atom. The number of phenols is 1. The van der Waals surface area contributed by atoms with Crippen molar-refractivity contribution in [2.45, 2.75) is 104 Å². The SMILES string of the molecule is CCCCCCCC(=O)Oc1cc(O)c(C(C)(C)N)c(C(C)(C)N)c1C(C)(C)N. The lowest BCUT2D eigenvalue weighted by atomic mass is 9.75. The molecular weight excluding hydrogens is 366 g/mol. The third-order valence-electron chi connectivity index (χ3n) is 4.91. The molecule has 1 rings (SSSR count). The Kier molecular flexibility index (Phi) is 8.28. The van der Waals surface area contributed by atoms with Gasteiger partial charge in [0.1, 0.15) is 11.5 Å². The van der Waals surface area contributed by atoms with Gasteiger partial charge in [0.15, 0.2) is 0 Å². The lowest BCUT2D eigenvalue weighted by Gasteiger charge is -2.37. The van der Waals surface area contributed by atoms with E-state index in [2.05, 4.69) is 6.92 Å². The monoisotopic (exact) mass is 407 g/mol. The van der Waals surface area contributed by atoms with Crippen LogP contribution in [-0.2, 0) is 21.4 Å². The smallest absolute Gasteiger partial charge is 0.311 e. The minimum Gasteiger partial charge on any atom is -0.507 e. The Morgan fingerprint density at radius 2 is 1.34 bits per heavy atom. The molecule has 0 atom stereocenters. The lowest BCUT2D eigenvalue weighted by Crippen LogP contribution is -2.42. The van der Waals surface area contributed by atoms with Gasteiger partial charge in [-0.15, -0.1) is 0 Å². The molecule has 166 valence electrons. The quantitative estimate of drug-likeness (QED) is 0.261. The molecule has 7 N–H and O–H groups in total. The van der Waals surface area contributed by atoms with Crippen LogP contribution in [0.4, 0.5) is 0 Å². The van der Waals surface area contributed by atoms with Gasteiger partial charge in [0.2, 0.25) is 0 Å². The lowest BCUT2D eigenvalue weighted by molar-refractivity contribution is -0.134. The van der Waals surface area contributed by atoms with Gasteiger partial charge in [-0.25, -0.2) is 0 Å². The van der Waals surface area contributed by atoms with Crippen molar-refractivity contribution >= 4 is 5.97 Å². The van der Waals surface area contributed by atoms with Crippen molar-refractivity contribution in [2.75, 3.05) is 0 Å². The van der Waals surface area contributed by atoms with Crippen LogP contribution in [0.1, 0.15) is 104 Å². The van der Waals surface area contributed by atoms with E-state index in [0.717, 1.165) is 25.7 Å². The molecule has 29 heavy (non-hydrogen) atoms. The maximum absolute atomic E-state index is 12.5. The molecule has 6 nitrogen and oxygen atoms in total. The zero-order valence-corrected chi connectivity index (χ0v) is 19.3. The van der Waals surface area contributed by atoms with E-state index in [1.165, 1.54) is 12.5 Å². The number of benzene rings is 1. The number of hydrogen-bond donors (Lipinski definition) is 4. The largest absolute Gasteiger partial charge is 0.507 e. The second kappa shape index (κ2) is 9.45. The predicted octanol–water partition coefficient (Wildman–Crippen LogP) is 4.24. The Morgan fingerprint density at radius 1 is 0.862 bits per heavy atom. The van der Waals surface area contributed by atoms with Gasteiger partial charge in [-0.05, 0) is 53.5 Å². The molecule has 0 unspecified atom stereocenters. The molecule has 0 aliphatic rings. The molecule has 1 aromatic carbocycles. The number of hydrogen-bond acceptors (Lipinski definition) is 6. The minimum atomic E-state index is -0.865. The van der Waals surface area contributed by atoms with Gasteiger partial charge in [0.25, 0.3) is 0 Å². The van der Waals surface area contributed by atoms with Crippen LogP contribution >= 0.6 is 0 Å². The number of nitrogens with two attached hydrogens (primary N) is 3. The van der Waals surface area contributed by atoms with Gasteiger partial charge in [-0.1, -0.05) is 32.6 Å². The van der Waals surface area contributed by atoms with E-state index in [1.807, 2.05) is 27.7 Å². The van der Waals surface area contributed by atoms with Crippen LogP contribution in [0.5, 0.6) is 11.5 Å². The summed E-state index contributed by atoms with van der Waals surface area (Å²) in [5, 5.41) is 10.8. The van der Waals surface area contributed by atoms with Crippen LogP contribution in [0.15, 0.2) is 6.07 Å². The van der Waals surface area contributed by atoms with Crippen LogP contribution < -0.4 is 21.9 Å². The van der Waals surface area contributed by atoms with E-state index in [-0.39, 0.29) is 17.5 Å². The average Bonchev–Trinajstić information content (AvgIpc) is 2.50. The van der Waals surface area contributed by atoms with E-state index >= 15 is 0 Å². The van der Waals surface area contributed by atoms with Crippen molar-refractivity contribution < 1.29 is 14.6 Å². The highest BCUT2D eigenvalue weighted by molar-refractivity contribution is 5.74. The fraction of sp³-hybridized carbons (Fsp3) is 0.696. The van der Waals surface area contributed by atoms with E-state index in [1.54, 1.807) is 13.8 Å². The Balaban J connectivity index is 3.42. The molecule has 6 heteroatoms. The van der Waals surface area contributed by atoms with Gasteiger partial charge >= 0.3 is 5.97 Å². The first-order chi connectivity index (χ1) is 13.1. The standard InChI is InChI=1S/C23H41N3O3/c1-8-9-10-11-12-13-17(28)29-16-14-15(27)18(21(2,3)24)20(23(6,7)26)19(16)22(4,5)25/h14,27H,8-13,24-26H2,1-7H3. The molecule has 0 fully saturated rings. The number of carbonyl (C=O) groups excluding carboxylic acids is 1. The van der Waals surface area contributed by atoms with Gasteiger partial charge in [0, 0.05) is 40.2 Å². The fourth-order valence-corrected chi connectivity index (χ4v) is 3.71. The first-order valence-corrected chi connectivity index (χ1v) is 10.6. The first-order valence-electron chi connectivity index (χ1n) is 10.6. The van der Waals surface area contributed by atoms with Gasteiger partial charge in [0.05, 0.1) is 0 Å². The Hall–Kier alpha value is -1.63. The van der Waals surface area contributed by atoms with Crippen LogP contribution in [-0.4, -0.2) is 11.1 Å². The zero-order valence-electron chi connectivity index (χ0n) is 19.3. The molecule has 0 aliphatic heterocycles. The van der Waals surface area contributed by atoms with Crippen molar-refractivity contribution in [1.29, 1.82) is 0 Å². The third-order valence-corrected chi connectivity index (χ3v) is 4.91. The van der Waals surface area contributed by atoms with E-state index in [9.17, 15) is 9.90 Å². The highest BCUT2D eigenvalue weighted by Crippen LogP contribution is 2.45. The Labute approximate surface area is 176 Å². The summed E-state index contributed by atoms with van der Waals surface area (Å²) in [6.07, 6.45) is 5.51. The topological polar surface area (TPSA) is 125 Å². The molecule has 0 amide bonds. The summed E-state index contributed by atoms with van der Waals surface area (Å²) < 4.78 is 5.69. The van der Waals surface area contributed by atoms with Crippen molar-refractivity contribution in [3.8, 4) is 11.5 Å². The van der Waals surface area contributed by atoms with E-state index in [0.29, 0.717) is 23.1 Å². The summed E-state index contributed by atoms with van der Waals surface area (Å²) in [6.45, 7) is 13.0. The van der Waals surface area contributed by atoms with Crippen LogP contribution in [0, 0.1) is 0 Å². The number of carbonyl (C=O) groups is 1. The predicted molar refractivity (Wildman–Crippen MR) is 119 cm³/mol. The number of unbranched alkanes of at least 4 members (excludes halogenated alkanes) is 4. The molecule has 0 aliphatic carbocycles. The second-order valence-electron chi connectivity index (χ2n) is 9.82. The molecule has 0 radical (unpaired) electrons. The molecular formula is C23H41N3O3. The summed E-state index contributed by atoms with van der Waals surface area (Å²) in [7, 11) is 0. The molecule has 0 bridgehead atoms. The molecule has 0 heterocycles. The van der Waals surface area contributed by atoms with Gasteiger partial charge < -0.3 is 27.0 Å². The minimum absolute atomic E-state index is 0.0511.